The number of benzene rings is 1. The van der Waals surface area contributed by atoms with Gasteiger partial charge < -0.3 is 14.4 Å². The van der Waals surface area contributed by atoms with Gasteiger partial charge in [-0.1, -0.05) is 12.1 Å². The van der Waals surface area contributed by atoms with Crippen LogP contribution in [-0.2, 0) is 11.3 Å². The predicted octanol–water partition coefficient (Wildman–Crippen LogP) is 3.89. The normalized spacial score (nSPS) is 13.2. The zero-order valence-corrected chi connectivity index (χ0v) is 14.8. The molecule has 1 aromatic heterocycles. The molecule has 4 nitrogen and oxygen atoms in total. The van der Waals surface area contributed by atoms with Crippen molar-refractivity contribution in [3.63, 3.8) is 0 Å². The maximum absolute atomic E-state index is 12.5. The van der Waals surface area contributed by atoms with Gasteiger partial charge in [0.05, 0.1) is 0 Å². The van der Waals surface area contributed by atoms with Gasteiger partial charge in [0.15, 0.2) is 11.5 Å². The molecular weight excluding hydrogens is 322 g/mol. The standard InChI is InChI=1S/C19H21NO3S/c1-3-20(18(21)10-9-16-8-7-14(2)24-16)13-15-5-4-6-17-19(15)23-12-11-22-17/h4-10H,3,11-13H2,1-2H3/b10-9+. The second-order valence-corrected chi connectivity index (χ2v) is 6.89. The summed E-state index contributed by atoms with van der Waals surface area (Å²) in [7, 11) is 0. The molecule has 0 unspecified atom stereocenters. The van der Waals surface area contributed by atoms with Crippen molar-refractivity contribution in [2.45, 2.75) is 20.4 Å². The number of aryl methyl sites for hydroxylation is 1. The molecule has 3 rings (SSSR count). The number of amides is 1. The van der Waals surface area contributed by atoms with Crippen molar-refractivity contribution < 1.29 is 14.3 Å². The van der Waals surface area contributed by atoms with Crippen LogP contribution in [0.1, 0.15) is 22.2 Å². The first-order valence-electron chi connectivity index (χ1n) is 8.08. The van der Waals surface area contributed by atoms with Crippen LogP contribution in [0.4, 0.5) is 0 Å². The number of likely N-dealkylation sites (N-methyl/N-ethyl adjacent to an activating group) is 1. The molecular formula is C19H21NO3S. The first-order chi connectivity index (χ1) is 11.7. The lowest BCUT2D eigenvalue weighted by Gasteiger charge is -2.24. The molecule has 0 aliphatic carbocycles. The minimum atomic E-state index is -0.00196. The summed E-state index contributed by atoms with van der Waals surface area (Å²) in [5.41, 5.74) is 0.975. The number of nitrogens with zero attached hydrogens (tertiary/aromatic N) is 1. The van der Waals surface area contributed by atoms with Crippen LogP contribution >= 0.6 is 11.3 Å². The van der Waals surface area contributed by atoms with Crippen molar-refractivity contribution in [3.8, 4) is 11.5 Å². The van der Waals surface area contributed by atoms with Crippen molar-refractivity contribution in [1.82, 2.24) is 4.90 Å². The summed E-state index contributed by atoms with van der Waals surface area (Å²) in [5.74, 6) is 1.51. The SMILES string of the molecule is CCN(Cc1cccc2c1OCCO2)C(=O)/C=C/c1ccc(C)s1. The molecule has 1 aromatic carbocycles. The van der Waals surface area contributed by atoms with E-state index in [0.29, 0.717) is 26.3 Å². The van der Waals surface area contributed by atoms with E-state index in [1.54, 1.807) is 22.3 Å². The summed E-state index contributed by atoms with van der Waals surface area (Å²) in [6, 6.07) is 9.90. The van der Waals surface area contributed by atoms with Gasteiger partial charge >= 0.3 is 0 Å². The van der Waals surface area contributed by atoms with Gasteiger partial charge in [-0.3, -0.25) is 4.79 Å². The van der Waals surface area contributed by atoms with Gasteiger partial charge in [0.1, 0.15) is 13.2 Å². The lowest BCUT2D eigenvalue weighted by atomic mass is 10.1. The van der Waals surface area contributed by atoms with Crippen molar-refractivity contribution in [3.05, 3.63) is 51.7 Å². The van der Waals surface area contributed by atoms with Crippen molar-refractivity contribution in [2.24, 2.45) is 0 Å². The van der Waals surface area contributed by atoms with Gasteiger partial charge in [0, 0.05) is 34.5 Å². The van der Waals surface area contributed by atoms with Gasteiger partial charge in [-0.15, -0.1) is 11.3 Å². The van der Waals surface area contributed by atoms with Crippen molar-refractivity contribution >= 4 is 23.3 Å². The van der Waals surface area contributed by atoms with Crippen LogP contribution in [0.15, 0.2) is 36.4 Å². The Morgan fingerprint density at radius 3 is 2.83 bits per heavy atom. The Bertz CT molecular complexity index is 751. The molecule has 0 saturated heterocycles. The fourth-order valence-electron chi connectivity index (χ4n) is 2.61. The van der Waals surface area contributed by atoms with Gasteiger partial charge in [-0.2, -0.15) is 0 Å². The number of ether oxygens (including phenoxy) is 2. The monoisotopic (exact) mass is 343 g/mol. The highest BCUT2D eigenvalue weighted by atomic mass is 32.1. The third-order valence-electron chi connectivity index (χ3n) is 3.85. The van der Waals surface area contributed by atoms with E-state index in [4.69, 9.17) is 9.47 Å². The minimum Gasteiger partial charge on any atom is -0.486 e. The molecule has 24 heavy (non-hydrogen) atoms. The molecule has 0 atom stereocenters. The van der Waals surface area contributed by atoms with Crippen LogP contribution in [0.2, 0.25) is 0 Å². The highest BCUT2D eigenvalue weighted by Crippen LogP contribution is 2.34. The fraction of sp³-hybridized carbons (Fsp3) is 0.316. The molecule has 126 valence electrons. The second-order valence-electron chi connectivity index (χ2n) is 5.58. The zero-order valence-electron chi connectivity index (χ0n) is 14.0. The maximum atomic E-state index is 12.5. The average Bonchev–Trinajstić information content (AvgIpc) is 3.03. The molecule has 0 saturated carbocycles. The number of hydrogen-bond donors (Lipinski definition) is 0. The van der Waals surface area contributed by atoms with E-state index >= 15 is 0 Å². The predicted molar refractivity (Wildman–Crippen MR) is 96.6 cm³/mol. The Hall–Kier alpha value is -2.27. The number of carbonyl (C=O) groups excluding carboxylic acids is 1. The summed E-state index contributed by atoms with van der Waals surface area (Å²) >= 11 is 1.68. The van der Waals surface area contributed by atoms with E-state index in [1.165, 1.54) is 4.88 Å². The number of thiophene rings is 1. The van der Waals surface area contributed by atoms with E-state index < -0.39 is 0 Å². The summed E-state index contributed by atoms with van der Waals surface area (Å²) < 4.78 is 11.3. The van der Waals surface area contributed by atoms with E-state index in [1.807, 2.05) is 37.3 Å². The smallest absolute Gasteiger partial charge is 0.246 e. The van der Waals surface area contributed by atoms with Crippen molar-refractivity contribution in [1.29, 1.82) is 0 Å². The molecule has 0 radical (unpaired) electrons. The van der Waals surface area contributed by atoms with Crippen molar-refractivity contribution in [2.75, 3.05) is 19.8 Å². The Labute approximate surface area is 146 Å². The molecule has 1 aliphatic heterocycles. The molecule has 0 bridgehead atoms. The highest BCUT2D eigenvalue weighted by Gasteiger charge is 2.18. The quantitative estimate of drug-likeness (QED) is 0.773. The fourth-order valence-corrected chi connectivity index (χ4v) is 3.39. The number of carbonyl (C=O) groups is 1. The summed E-state index contributed by atoms with van der Waals surface area (Å²) in [4.78, 5) is 16.6. The van der Waals surface area contributed by atoms with Crippen LogP contribution in [0.5, 0.6) is 11.5 Å². The second kappa shape index (κ2) is 7.53. The Morgan fingerprint density at radius 2 is 2.08 bits per heavy atom. The van der Waals surface area contributed by atoms with E-state index in [2.05, 4.69) is 13.0 Å². The number of rotatable bonds is 5. The van der Waals surface area contributed by atoms with E-state index in [-0.39, 0.29) is 5.91 Å². The van der Waals surface area contributed by atoms with E-state index in [9.17, 15) is 4.79 Å². The molecule has 0 fully saturated rings. The summed E-state index contributed by atoms with van der Waals surface area (Å²) in [6.45, 7) is 6.29. The van der Waals surface area contributed by atoms with Gasteiger partial charge in [-0.05, 0) is 38.1 Å². The topological polar surface area (TPSA) is 38.8 Å². The molecule has 5 heteroatoms. The highest BCUT2D eigenvalue weighted by molar-refractivity contribution is 7.12. The van der Waals surface area contributed by atoms with E-state index in [0.717, 1.165) is 21.9 Å². The first-order valence-corrected chi connectivity index (χ1v) is 8.90. The Kier molecular flexibility index (Phi) is 5.20. The lowest BCUT2D eigenvalue weighted by Crippen LogP contribution is -2.29. The largest absolute Gasteiger partial charge is 0.486 e. The molecule has 1 aliphatic rings. The zero-order chi connectivity index (χ0) is 16.9. The third-order valence-corrected chi connectivity index (χ3v) is 4.82. The molecule has 2 aromatic rings. The maximum Gasteiger partial charge on any atom is 0.246 e. The van der Waals surface area contributed by atoms with Gasteiger partial charge in [0.2, 0.25) is 5.91 Å². The summed E-state index contributed by atoms with van der Waals surface area (Å²) in [5, 5.41) is 0. The van der Waals surface area contributed by atoms with Crippen LogP contribution in [0.3, 0.4) is 0 Å². The first kappa shape index (κ1) is 16.6. The Morgan fingerprint density at radius 1 is 1.25 bits per heavy atom. The summed E-state index contributed by atoms with van der Waals surface area (Å²) in [6.07, 6.45) is 3.52. The number of hydrogen-bond acceptors (Lipinski definition) is 4. The molecule has 0 N–H and O–H groups in total. The molecule has 2 heterocycles. The number of fused-ring (bicyclic) bond motifs is 1. The van der Waals surface area contributed by atoms with Crippen LogP contribution in [0.25, 0.3) is 6.08 Å². The number of para-hydroxylation sites is 1. The van der Waals surface area contributed by atoms with Gasteiger partial charge in [-0.25, -0.2) is 0 Å². The van der Waals surface area contributed by atoms with Crippen LogP contribution < -0.4 is 9.47 Å². The van der Waals surface area contributed by atoms with Crippen LogP contribution in [0, 0.1) is 6.92 Å². The minimum absolute atomic E-state index is 0.00196. The molecule has 1 amide bonds. The Balaban J connectivity index is 1.72. The molecule has 0 spiro atoms. The third kappa shape index (κ3) is 3.79. The van der Waals surface area contributed by atoms with Crippen LogP contribution in [-0.4, -0.2) is 30.6 Å². The average molecular weight is 343 g/mol. The lowest BCUT2D eigenvalue weighted by molar-refractivity contribution is -0.126. The van der Waals surface area contributed by atoms with Gasteiger partial charge in [0.25, 0.3) is 0 Å².